The summed E-state index contributed by atoms with van der Waals surface area (Å²) in [6.45, 7) is 16.9. The molecule has 1 unspecified atom stereocenters. The normalized spacial score (nSPS) is 38.3. The molecule has 0 spiro atoms. The lowest BCUT2D eigenvalue weighted by Gasteiger charge is -2.51. The van der Waals surface area contributed by atoms with E-state index in [9.17, 15) is 49.4 Å². The Morgan fingerprint density at radius 2 is 1.63 bits per heavy atom. The molecule has 1 aromatic carbocycles. The minimum Gasteiger partial charge on any atom is -0.461 e. The second kappa shape index (κ2) is 26.9. The number of aliphatic hydroxyl groups is 6. The molecule has 21 heteroatoms. The minimum atomic E-state index is -1.88. The fourth-order valence-corrected chi connectivity index (χ4v) is 12.2. The number of esters is 2. The number of benzene rings is 1. The first-order valence-corrected chi connectivity index (χ1v) is 27.8. The van der Waals surface area contributed by atoms with E-state index in [1.807, 2.05) is 48.3 Å². The van der Waals surface area contributed by atoms with Crippen molar-refractivity contribution in [3.05, 3.63) is 53.9 Å². The Morgan fingerprint density at radius 1 is 0.987 bits per heavy atom. The third-order valence-electron chi connectivity index (χ3n) is 16.3. The first kappa shape index (κ1) is 63.8. The van der Waals surface area contributed by atoms with E-state index in [0.29, 0.717) is 24.1 Å². The van der Waals surface area contributed by atoms with Crippen LogP contribution in [0.5, 0.6) is 0 Å². The number of rotatable bonds is 15. The minimum absolute atomic E-state index is 0.114. The topological polar surface area (TPSA) is 259 Å². The number of ether oxygens (including phenoxy) is 6. The number of amides is 1. The Morgan fingerprint density at radius 3 is 2.22 bits per heavy atom. The molecule has 1 amide bonds. The van der Waals surface area contributed by atoms with Gasteiger partial charge in [-0.3, -0.25) is 9.59 Å². The van der Waals surface area contributed by atoms with E-state index < -0.39 is 136 Å². The maximum Gasteiger partial charge on any atom is 0.356 e. The zero-order valence-electron chi connectivity index (χ0n) is 46.5. The average molecular weight is 1190 g/mol. The van der Waals surface area contributed by atoms with E-state index in [2.05, 4.69) is 10.3 Å². The molecular weight excluding hydrogens is 1100 g/mol. The van der Waals surface area contributed by atoms with Crippen LogP contribution in [0, 0.1) is 23.7 Å². The molecule has 0 saturated carbocycles. The van der Waals surface area contributed by atoms with Gasteiger partial charge >= 0.3 is 11.9 Å². The van der Waals surface area contributed by atoms with Crippen molar-refractivity contribution >= 4 is 40.4 Å². The van der Waals surface area contributed by atoms with Gasteiger partial charge in [-0.2, -0.15) is 0 Å². The SMILES string of the molecule is CCOC(=O)c1ccc(-c2ccc([C@@H](O)[C@@H](CF)NC(=O)CCN(C)[C@H]3C[C@@H](C)O[C@@H](O[C@@H]4[C@@H](C)C([C@H]5C[C@@](C)(OC)[C@@H](O)[C@H](C)O5)[C@@H](C)C(=O)O[C@H](I)[C@@](C)(O)[C@H](O)[C@@H](C)N(C)C[C@H](C)C[C@@]4(C)O)[C@@H]3O)cc2)cn1. The summed E-state index contributed by atoms with van der Waals surface area (Å²) in [5, 5.41) is 73.5. The molecule has 7 N–H and O–H groups in total. The fraction of sp³-hybridized carbons (Fsp3) is 0.745. The largest absolute Gasteiger partial charge is 0.461 e. The van der Waals surface area contributed by atoms with Gasteiger partial charge in [0.15, 0.2) is 10.4 Å². The van der Waals surface area contributed by atoms with E-state index in [1.165, 1.54) is 20.2 Å². The molecule has 1 aromatic heterocycles. The number of alkyl halides is 2. The Labute approximate surface area is 461 Å². The average Bonchev–Trinajstić information content (AvgIpc) is 3.37. The fourth-order valence-electron chi connectivity index (χ4n) is 11.5. The first-order valence-electron chi connectivity index (χ1n) is 26.5. The number of carbonyl (C=O) groups excluding carboxylic acids is 3. The van der Waals surface area contributed by atoms with Gasteiger partial charge in [-0.05, 0) is 127 Å². The molecule has 0 aliphatic carbocycles. The smallest absolute Gasteiger partial charge is 0.356 e. The predicted molar refractivity (Wildman–Crippen MR) is 289 cm³/mol. The summed E-state index contributed by atoms with van der Waals surface area (Å²) in [5.41, 5.74) is -2.68. The van der Waals surface area contributed by atoms with Gasteiger partial charge in [0.2, 0.25) is 5.91 Å². The number of halogens is 2. The summed E-state index contributed by atoms with van der Waals surface area (Å²) in [6.07, 6.45) is -7.57. The molecule has 2 aromatic rings. The summed E-state index contributed by atoms with van der Waals surface area (Å²) in [7, 11) is 5.03. The van der Waals surface area contributed by atoms with Crippen molar-refractivity contribution in [3.8, 4) is 11.1 Å². The van der Waals surface area contributed by atoms with Crippen molar-refractivity contribution in [1.29, 1.82) is 0 Å². The summed E-state index contributed by atoms with van der Waals surface area (Å²) in [6, 6.07) is 7.45. The molecule has 20 atom stereocenters. The van der Waals surface area contributed by atoms with Gasteiger partial charge in [0.05, 0.1) is 54.2 Å². The number of carbonyl (C=O) groups is 3. The van der Waals surface area contributed by atoms with Crippen LogP contribution in [-0.4, -0.2) is 199 Å². The lowest BCUT2D eigenvalue weighted by atomic mass is 9.68. The summed E-state index contributed by atoms with van der Waals surface area (Å²) in [5.74, 6) is -4.58. The molecule has 3 saturated heterocycles. The van der Waals surface area contributed by atoms with Crippen molar-refractivity contribution < 1.29 is 77.8 Å². The Hall–Kier alpha value is -3.04. The van der Waals surface area contributed by atoms with Crippen LogP contribution in [0.4, 0.5) is 4.39 Å². The van der Waals surface area contributed by atoms with Crippen molar-refractivity contribution in [2.24, 2.45) is 23.7 Å². The number of pyridine rings is 1. The molecule has 430 valence electrons. The Kier molecular flexibility index (Phi) is 22.6. The molecule has 3 aliphatic rings. The Bertz CT molecular complexity index is 2200. The zero-order valence-corrected chi connectivity index (χ0v) is 48.6. The molecule has 0 bridgehead atoms. The third kappa shape index (κ3) is 15.0. The van der Waals surface area contributed by atoms with E-state index in [-0.39, 0.29) is 44.0 Å². The lowest BCUT2D eigenvalue weighted by Crippen LogP contribution is -2.62. The number of methoxy groups -OCH3 is 1. The Balaban J connectivity index is 1.37. The lowest BCUT2D eigenvalue weighted by molar-refractivity contribution is -0.302. The highest BCUT2D eigenvalue weighted by Crippen LogP contribution is 2.45. The van der Waals surface area contributed by atoms with Gasteiger partial charge in [0.1, 0.15) is 42.4 Å². The van der Waals surface area contributed by atoms with E-state index >= 15 is 0 Å². The van der Waals surface area contributed by atoms with Gasteiger partial charge in [-0.15, -0.1) is 0 Å². The molecule has 19 nitrogen and oxygen atoms in total. The first-order chi connectivity index (χ1) is 35.5. The highest BCUT2D eigenvalue weighted by Gasteiger charge is 2.55. The van der Waals surface area contributed by atoms with E-state index in [0.717, 1.165) is 5.56 Å². The second-order valence-corrected chi connectivity index (χ2v) is 23.6. The quantitative estimate of drug-likeness (QED) is 0.0743. The highest BCUT2D eigenvalue weighted by molar-refractivity contribution is 14.1. The van der Waals surface area contributed by atoms with Gasteiger partial charge in [0, 0.05) is 62.8 Å². The van der Waals surface area contributed by atoms with Crippen LogP contribution in [0.2, 0.25) is 0 Å². The summed E-state index contributed by atoms with van der Waals surface area (Å²) >= 11 is 1.82. The van der Waals surface area contributed by atoms with Crippen LogP contribution < -0.4 is 5.32 Å². The molecule has 3 fully saturated rings. The maximum absolute atomic E-state index is 14.5. The van der Waals surface area contributed by atoms with Crippen LogP contribution in [0.25, 0.3) is 11.1 Å². The van der Waals surface area contributed by atoms with Crippen molar-refractivity contribution in [3.63, 3.8) is 0 Å². The summed E-state index contributed by atoms with van der Waals surface area (Å²) in [4.78, 5) is 47.8. The van der Waals surface area contributed by atoms with E-state index in [1.54, 1.807) is 96.9 Å². The number of nitrogens with one attached hydrogen (secondary N) is 1. The highest BCUT2D eigenvalue weighted by atomic mass is 127. The van der Waals surface area contributed by atoms with Crippen molar-refractivity contribution in [2.75, 3.05) is 47.6 Å². The van der Waals surface area contributed by atoms with Crippen LogP contribution in [0.3, 0.4) is 0 Å². The number of aromatic nitrogens is 1. The van der Waals surface area contributed by atoms with Crippen LogP contribution in [0.1, 0.15) is 117 Å². The van der Waals surface area contributed by atoms with Gasteiger partial charge < -0.3 is 74.2 Å². The van der Waals surface area contributed by atoms with Gasteiger partial charge in [-0.1, -0.05) is 51.1 Å². The van der Waals surface area contributed by atoms with Crippen LogP contribution >= 0.6 is 22.6 Å². The number of hydrogen-bond acceptors (Lipinski definition) is 18. The van der Waals surface area contributed by atoms with E-state index in [4.69, 9.17) is 28.4 Å². The number of cyclic esters (lactones) is 1. The van der Waals surface area contributed by atoms with Gasteiger partial charge in [0.25, 0.3) is 0 Å². The monoisotopic (exact) mass is 1190 g/mol. The molecule has 4 heterocycles. The molecule has 76 heavy (non-hydrogen) atoms. The van der Waals surface area contributed by atoms with Crippen molar-refractivity contribution in [2.45, 2.75) is 189 Å². The van der Waals surface area contributed by atoms with Crippen LogP contribution in [-0.2, 0) is 38.0 Å². The number of likely N-dealkylation sites (N-methyl/N-ethyl adjacent to an activating group) is 2. The molecular formula is C55H86FIN4O15. The molecule has 5 rings (SSSR count). The number of hydrogen-bond donors (Lipinski definition) is 7. The zero-order chi connectivity index (χ0) is 56.8. The third-order valence-corrected chi connectivity index (χ3v) is 17.8. The second-order valence-electron chi connectivity index (χ2n) is 22.5. The molecule has 3 aliphatic heterocycles. The van der Waals surface area contributed by atoms with Crippen LogP contribution in [0.15, 0.2) is 42.6 Å². The van der Waals surface area contributed by atoms with Gasteiger partial charge in [-0.25, -0.2) is 14.2 Å². The maximum atomic E-state index is 14.5. The molecule has 0 radical (unpaired) electrons. The number of nitrogens with zero attached hydrogens (tertiary/aromatic N) is 3. The van der Waals surface area contributed by atoms with Crippen molar-refractivity contribution in [1.82, 2.24) is 20.1 Å². The predicted octanol–water partition coefficient (Wildman–Crippen LogP) is 4.34. The summed E-state index contributed by atoms with van der Waals surface area (Å²) < 4.78 is 50.1. The number of aliphatic hydroxyl groups excluding tert-OH is 4. The standard InChI is InChI=1S/C55H86FIN4O15/c1-14-72-50(68)38-20-19-37(27-58-38)35-15-17-36(18-16-35)44(63)39(26-56)59-42(62)21-22-60(11)40-23-30(3)73-51(45(40)64)75-48-31(4)43(41-25-54(9,71-13)47(66)34(7)74-41)32(5)49(67)76-52(57)55(10,70)46(65)33(6)61(12)28-29(2)24-53(48,8)69/h15-20,27,29-34,39-41,43-48,51-52,63-66,69-70H,14,21-26,28H2,1-13H3,(H,59,62)/t29-,30-,31+,32-,33-,34+,39-,40+,41-,43?,44-,45-,46-,47+,48-,51+,52+,53-,54-,55+/m1/s1.